The number of aromatic amines is 1. The second-order valence-electron chi connectivity index (χ2n) is 3.36. The van der Waals surface area contributed by atoms with Gasteiger partial charge in [0.25, 0.3) is 11.5 Å². The fourth-order valence-corrected chi connectivity index (χ4v) is 2.21. The summed E-state index contributed by atoms with van der Waals surface area (Å²) >= 11 is 7.07. The molecule has 17 heavy (non-hydrogen) atoms. The minimum atomic E-state index is -0.637. The van der Waals surface area contributed by atoms with Crippen molar-refractivity contribution in [3.63, 3.8) is 0 Å². The standard InChI is InChI=1S/C9H9ClN4O2S/c1-3-5(10)9(16)14-7(12-3)4(6(11)15)8(13-14)17-2/h13H,1-2H3,(H2,11,15). The lowest BCUT2D eigenvalue weighted by Crippen LogP contribution is -2.18. The number of thioether (sulfide) groups is 1. The third-order valence-corrected chi connectivity index (χ3v) is 3.45. The minimum Gasteiger partial charge on any atom is -0.365 e. The predicted molar refractivity (Wildman–Crippen MR) is 65.9 cm³/mol. The van der Waals surface area contributed by atoms with Crippen LogP contribution < -0.4 is 11.3 Å². The smallest absolute Gasteiger partial charge is 0.291 e. The van der Waals surface area contributed by atoms with Crippen LogP contribution in [0.15, 0.2) is 9.82 Å². The highest BCUT2D eigenvalue weighted by atomic mass is 35.5. The van der Waals surface area contributed by atoms with Gasteiger partial charge in [0.15, 0.2) is 5.65 Å². The molecule has 0 fully saturated rings. The van der Waals surface area contributed by atoms with Crippen LogP contribution >= 0.6 is 23.4 Å². The molecular formula is C9H9ClN4O2S. The first-order valence-corrected chi connectivity index (χ1v) is 6.22. The summed E-state index contributed by atoms with van der Waals surface area (Å²) in [4.78, 5) is 27.3. The normalized spacial score (nSPS) is 11.0. The zero-order valence-corrected chi connectivity index (χ0v) is 10.6. The van der Waals surface area contributed by atoms with Gasteiger partial charge < -0.3 is 5.73 Å². The van der Waals surface area contributed by atoms with Gasteiger partial charge in [-0.25, -0.2) is 4.98 Å². The van der Waals surface area contributed by atoms with Crippen LogP contribution in [0.3, 0.4) is 0 Å². The van der Waals surface area contributed by atoms with E-state index in [0.29, 0.717) is 10.7 Å². The highest BCUT2D eigenvalue weighted by molar-refractivity contribution is 7.98. The third-order valence-electron chi connectivity index (χ3n) is 2.31. The number of aryl methyl sites for hydroxylation is 1. The molecule has 0 aliphatic heterocycles. The van der Waals surface area contributed by atoms with E-state index in [2.05, 4.69) is 10.1 Å². The third kappa shape index (κ3) is 1.71. The second kappa shape index (κ2) is 4.08. The van der Waals surface area contributed by atoms with Gasteiger partial charge in [-0.05, 0) is 13.2 Å². The number of hydrogen-bond donors (Lipinski definition) is 2. The molecule has 2 aromatic heterocycles. The Labute approximate surface area is 105 Å². The molecule has 6 nitrogen and oxygen atoms in total. The van der Waals surface area contributed by atoms with Crippen molar-refractivity contribution in [2.24, 2.45) is 5.73 Å². The Balaban J connectivity index is 2.99. The van der Waals surface area contributed by atoms with Crippen molar-refractivity contribution in [1.82, 2.24) is 14.6 Å². The number of H-pyrrole nitrogens is 1. The zero-order chi connectivity index (χ0) is 12.7. The van der Waals surface area contributed by atoms with Gasteiger partial charge >= 0.3 is 0 Å². The van der Waals surface area contributed by atoms with Crippen LogP contribution in [-0.2, 0) is 0 Å². The lowest BCUT2D eigenvalue weighted by Gasteiger charge is -1.98. The number of rotatable bonds is 2. The maximum atomic E-state index is 11.9. The number of carbonyl (C=O) groups is 1. The average Bonchev–Trinajstić information content (AvgIpc) is 2.64. The summed E-state index contributed by atoms with van der Waals surface area (Å²) in [5.74, 6) is -0.637. The van der Waals surface area contributed by atoms with Crippen molar-refractivity contribution < 1.29 is 4.79 Å². The number of fused-ring (bicyclic) bond motifs is 1. The topological polar surface area (TPSA) is 93.2 Å². The van der Waals surface area contributed by atoms with E-state index in [0.717, 1.165) is 4.52 Å². The monoisotopic (exact) mass is 272 g/mol. The maximum absolute atomic E-state index is 11.9. The molecule has 0 saturated carbocycles. The molecular weight excluding hydrogens is 264 g/mol. The van der Waals surface area contributed by atoms with E-state index in [1.54, 1.807) is 13.2 Å². The summed E-state index contributed by atoms with van der Waals surface area (Å²) in [5, 5.41) is 3.26. The highest BCUT2D eigenvalue weighted by Crippen LogP contribution is 2.22. The number of nitrogens with zero attached hydrogens (tertiary/aromatic N) is 2. The molecule has 0 saturated heterocycles. The number of primary amides is 1. The zero-order valence-electron chi connectivity index (χ0n) is 9.07. The van der Waals surface area contributed by atoms with E-state index in [-0.39, 0.29) is 16.2 Å². The molecule has 8 heteroatoms. The van der Waals surface area contributed by atoms with Crippen LogP contribution in [0.2, 0.25) is 5.02 Å². The van der Waals surface area contributed by atoms with Crippen molar-refractivity contribution in [3.8, 4) is 0 Å². The fourth-order valence-electron chi connectivity index (χ4n) is 1.51. The first kappa shape index (κ1) is 12.0. The van der Waals surface area contributed by atoms with E-state index < -0.39 is 11.5 Å². The van der Waals surface area contributed by atoms with Crippen molar-refractivity contribution in [2.75, 3.05) is 6.26 Å². The number of aromatic nitrogens is 3. The Kier molecular flexibility index (Phi) is 2.88. The maximum Gasteiger partial charge on any atom is 0.291 e. The Hall–Kier alpha value is -1.47. The summed E-state index contributed by atoms with van der Waals surface area (Å²) in [6, 6.07) is 0. The summed E-state index contributed by atoms with van der Waals surface area (Å²) in [6.07, 6.45) is 1.76. The number of carbonyl (C=O) groups excluding carboxylic acids is 1. The number of amides is 1. The van der Waals surface area contributed by atoms with Gasteiger partial charge in [0, 0.05) is 0 Å². The summed E-state index contributed by atoms with van der Waals surface area (Å²) in [5.41, 5.74) is 5.60. The Morgan fingerprint density at radius 2 is 2.24 bits per heavy atom. The van der Waals surface area contributed by atoms with Crippen molar-refractivity contribution >= 4 is 34.9 Å². The molecule has 0 radical (unpaired) electrons. The molecule has 3 N–H and O–H groups in total. The Bertz CT molecular complexity index is 676. The van der Waals surface area contributed by atoms with Crippen LogP contribution in [0.1, 0.15) is 16.1 Å². The van der Waals surface area contributed by atoms with Gasteiger partial charge in [0.1, 0.15) is 15.6 Å². The van der Waals surface area contributed by atoms with E-state index in [4.69, 9.17) is 17.3 Å². The predicted octanol–water partition coefficient (Wildman–Crippen LogP) is 0.805. The van der Waals surface area contributed by atoms with E-state index >= 15 is 0 Å². The Morgan fingerprint density at radius 3 is 2.76 bits per heavy atom. The van der Waals surface area contributed by atoms with Crippen LogP contribution in [0.5, 0.6) is 0 Å². The largest absolute Gasteiger partial charge is 0.365 e. The lowest BCUT2D eigenvalue weighted by atomic mass is 10.3. The molecule has 0 unspecified atom stereocenters. The molecule has 0 atom stereocenters. The number of nitrogens with two attached hydrogens (primary N) is 1. The van der Waals surface area contributed by atoms with Crippen molar-refractivity contribution in [3.05, 3.63) is 26.6 Å². The molecule has 0 spiro atoms. The van der Waals surface area contributed by atoms with Crippen molar-refractivity contribution in [2.45, 2.75) is 11.9 Å². The average molecular weight is 273 g/mol. The summed E-state index contributed by atoms with van der Waals surface area (Å²) in [7, 11) is 0. The van der Waals surface area contributed by atoms with Gasteiger partial charge in [-0.2, -0.15) is 4.52 Å². The van der Waals surface area contributed by atoms with Gasteiger partial charge in [0.2, 0.25) is 0 Å². The van der Waals surface area contributed by atoms with Gasteiger partial charge in [-0.15, -0.1) is 11.8 Å². The quantitative estimate of drug-likeness (QED) is 0.791. The molecule has 2 rings (SSSR count). The number of halogens is 1. The van der Waals surface area contributed by atoms with Gasteiger partial charge in [-0.1, -0.05) is 11.6 Å². The SMILES string of the molecule is CSc1[nH]n2c(=O)c(Cl)c(C)nc2c1C(N)=O. The second-order valence-corrected chi connectivity index (χ2v) is 4.55. The van der Waals surface area contributed by atoms with Gasteiger partial charge in [0.05, 0.1) is 5.69 Å². The van der Waals surface area contributed by atoms with Gasteiger partial charge in [-0.3, -0.25) is 14.7 Å². The number of hydrogen-bond acceptors (Lipinski definition) is 4. The van der Waals surface area contributed by atoms with Crippen LogP contribution in [-0.4, -0.2) is 26.8 Å². The first-order valence-electron chi connectivity index (χ1n) is 4.62. The highest BCUT2D eigenvalue weighted by Gasteiger charge is 2.20. The summed E-state index contributed by atoms with van der Waals surface area (Å²) < 4.78 is 1.13. The van der Waals surface area contributed by atoms with Crippen LogP contribution in [0.4, 0.5) is 0 Å². The molecule has 1 amide bonds. The fraction of sp³-hybridized carbons (Fsp3) is 0.222. The van der Waals surface area contributed by atoms with Crippen LogP contribution in [0.25, 0.3) is 5.65 Å². The summed E-state index contributed by atoms with van der Waals surface area (Å²) in [6.45, 7) is 1.60. The Morgan fingerprint density at radius 1 is 1.59 bits per heavy atom. The molecule has 2 heterocycles. The molecule has 2 aromatic rings. The van der Waals surface area contributed by atoms with Crippen molar-refractivity contribution in [1.29, 1.82) is 0 Å². The minimum absolute atomic E-state index is 0.0208. The molecule has 0 bridgehead atoms. The van der Waals surface area contributed by atoms with Crippen LogP contribution in [0, 0.1) is 6.92 Å². The molecule has 0 aliphatic carbocycles. The first-order chi connectivity index (χ1) is 7.97. The van der Waals surface area contributed by atoms with E-state index in [1.165, 1.54) is 11.8 Å². The van der Waals surface area contributed by atoms with E-state index in [1.807, 2.05) is 0 Å². The molecule has 90 valence electrons. The van der Waals surface area contributed by atoms with E-state index in [9.17, 15) is 9.59 Å². The number of nitrogens with one attached hydrogen (secondary N) is 1. The molecule has 0 aromatic carbocycles. The molecule has 0 aliphatic rings. The lowest BCUT2D eigenvalue weighted by molar-refractivity contribution is 0.0999.